The highest BCUT2D eigenvalue weighted by molar-refractivity contribution is 5.80. The van der Waals surface area contributed by atoms with Crippen LogP contribution in [0.25, 0.3) is 0 Å². The average molecular weight is 376 g/mol. The van der Waals surface area contributed by atoms with E-state index in [0.29, 0.717) is 18.0 Å². The number of likely N-dealkylation sites (tertiary alicyclic amines) is 1. The highest BCUT2D eigenvalue weighted by Gasteiger charge is 2.31. The van der Waals surface area contributed by atoms with Crippen LogP contribution in [-0.4, -0.2) is 75.7 Å². The molecule has 0 bridgehead atoms. The molecular formula is C21H37N5O. The lowest BCUT2D eigenvalue weighted by atomic mass is 10.1. The fraction of sp³-hybridized carbons (Fsp3) is 0.667. The first-order chi connectivity index (χ1) is 12.8. The molecule has 1 aromatic carbocycles. The number of rotatable bonds is 7. The minimum Gasteiger partial charge on any atom is -0.497 e. The van der Waals surface area contributed by atoms with Crippen molar-refractivity contribution >= 4 is 5.96 Å². The fourth-order valence-corrected chi connectivity index (χ4v) is 3.62. The Kier molecular flexibility index (Phi) is 7.92. The molecule has 3 unspecified atom stereocenters. The molecule has 1 aliphatic rings. The molecule has 27 heavy (non-hydrogen) atoms. The van der Waals surface area contributed by atoms with Crippen molar-refractivity contribution in [2.24, 2.45) is 10.9 Å². The highest BCUT2D eigenvalue weighted by atomic mass is 16.5. The van der Waals surface area contributed by atoms with Gasteiger partial charge in [-0.05, 0) is 51.6 Å². The van der Waals surface area contributed by atoms with Crippen LogP contribution in [0.1, 0.15) is 32.4 Å². The van der Waals surface area contributed by atoms with Gasteiger partial charge in [-0.1, -0.05) is 19.1 Å². The molecule has 6 heteroatoms. The minimum atomic E-state index is 0.229. The number of methoxy groups -OCH3 is 1. The number of benzene rings is 1. The SMILES string of the molecule is CN=C(NCC(c1cccc(OC)c1)N(C)C)NC1CN(C(C)C)CC1C. The Morgan fingerprint density at radius 3 is 2.63 bits per heavy atom. The molecule has 3 atom stereocenters. The van der Waals surface area contributed by atoms with Crippen LogP contribution in [0.5, 0.6) is 5.75 Å². The lowest BCUT2D eigenvalue weighted by Gasteiger charge is -2.27. The maximum absolute atomic E-state index is 5.38. The predicted octanol–water partition coefficient (Wildman–Crippen LogP) is 2.19. The molecule has 1 saturated heterocycles. The normalized spacial score (nSPS) is 22.3. The van der Waals surface area contributed by atoms with E-state index in [9.17, 15) is 0 Å². The molecule has 2 rings (SSSR count). The van der Waals surface area contributed by atoms with Gasteiger partial charge >= 0.3 is 0 Å². The molecule has 6 nitrogen and oxygen atoms in total. The molecule has 0 saturated carbocycles. The zero-order valence-corrected chi connectivity index (χ0v) is 18.0. The average Bonchev–Trinajstić information content (AvgIpc) is 3.01. The van der Waals surface area contributed by atoms with E-state index in [1.165, 1.54) is 5.56 Å². The van der Waals surface area contributed by atoms with Crippen molar-refractivity contribution in [3.8, 4) is 5.75 Å². The van der Waals surface area contributed by atoms with Gasteiger partial charge in [0.1, 0.15) is 5.75 Å². The lowest BCUT2D eigenvalue weighted by Crippen LogP contribution is -2.48. The number of hydrogen-bond donors (Lipinski definition) is 2. The smallest absolute Gasteiger partial charge is 0.191 e. The summed E-state index contributed by atoms with van der Waals surface area (Å²) in [5.41, 5.74) is 1.22. The summed E-state index contributed by atoms with van der Waals surface area (Å²) in [7, 11) is 7.74. The van der Waals surface area contributed by atoms with Crippen LogP contribution in [0.4, 0.5) is 0 Å². The molecule has 0 spiro atoms. The van der Waals surface area contributed by atoms with Crippen molar-refractivity contribution < 1.29 is 4.74 Å². The van der Waals surface area contributed by atoms with Gasteiger partial charge in [0.05, 0.1) is 13.2 Å². The standard InChI is InChI=1S/C21H37N5O/c1-15(2)26-13-16(3)19(14-26)24-21(22-4)23-12-20(25(5)6)17-9-8-10-18(11-17)27-7/h8-11,15-16,19-20H,12-14H2,1-7H3,(H2,22,23,24). The maximum Gasteiger partial charge on any atom is 0.191 e. The predicted molar refractivity (Wildman–Crippen MR) is 114 cm³/mol. The van der Waals surface area contributed by atoms with Crippen molar-refractivity contribution in [2.75, 3.05) is 47.9 Å². The van der Waals surface area contributed by atoms with Crippen LogP contribution in [-0.2, 0) is 0 Å². The van der Waals surface area contributed by atoms with Gasteiger partial charge in [0, 0.05) is 38.8 Å². The van der Waals surface area contributed by atoms with Crippen LogP contribution in [0.2, 0.25) is 0 Å². The lowest BCUT2D eigenvalue weighted by molar-refractivity contribution is 0.265. The summed E-state index contributed by atoms with van der Waals surface area (Å²) in [6.07, 6.45) is 0. The van der Waals surface area contributed by atoms with E-state index in [1.54, 1.807) is 7.11 Å². The third kappa shape index (κ3) is 5.84. The van der Waals surface area contributed by atoms with Crippen LogP contribution in [0.15, 0.2) is 29.3 Å². The van der Waals surface area contributed by atoms with E-state index < -0.39 is 0 Å². The Balaban J connectivity index is 1.98. The summed E-state index contributed by atoms with van der Waals surface area (Å²) >= 11 is 0. The van der Waals surface area contributed by atoms with Gasteiger partial charge in [-0.3, -0.25) is 9.89 Å². The quantitative estimate of drug-likeness (QED) is 0.565. The Morgan fingerprint density at radius 1 is 1.33 bits per heavy atom. The molecular weight excluding hydrogens is 338 g/mol. The van der Waals surface area contributed by atoms with E-state index >= 15 is 0 Å². The van der Waals surface area contributed by atoms with Gasteiger partial charge in [0.15, 0.2) is 5.96 Å². The van der Waals surface area contributed by atoms with Crippen LogP contribution in [0, 0.1) is 5.92 Å². The van der Waals surface area contributed by atoms with Crippen molar-refractivity contribution in [1.82, 2.24) is 20.4 Å². The highest BCUT2D eigenvalue weighted by Crippen LogP contribution is 2.22. The topological polar surface area (TPSA) is 52.1 Å². The Bertz CT molecular complexity index is 616. The Hall–Kier alpha value is -1.79. The van der Waals surface area contributed by atoms with Crippen LogP contribution < -0.4 is 15.4 Å². The summed E-state index contributed by atoms with van der Waals surface area (Å²) in [6.45, 7) is 9.81. The number of guanidine groups is 1. The number of nitrogens with zero attached hydrogens (tertiary/aromatic N) is 3. The van der Waals surface area contributed by atoms with Crippen molar-refractivity contribution in [3.63, 3.8) is 0 Å². The van der Waals surface area contributed by atoms with Crippen molar-refractivity contribution in [3.05, 3.63) is 29.8 Å². The molecule has 2 N–H and O–H groups in total. The van der Waals surface area contributed by atoms with Crippen LogP contribution in [0.3, 0.4) is 0 Å². The summed E-state index contributed by atoms with van der Waals surface area (Å²) in [4.78, 5) is 9.19. The summed E-state index contributed by atoms with van der Waals surface area (Å²) < 4.78 is 5.38. The molecule has 0 aliphatic carbocycles. The first-order valence-corrected chi connectivity index (χ1v) is 9.87. The zero-order valence-electron chi connectivity index (χ0n) is 18.0. The number of hydrogen-bond acceptors (Lipinski definition) is 4. The first kappa shape index (κ1) is 21.5. The van der Waals surface area contributed by atoms with Crippen molar-refractivity contribution in [1.29, 1.82) is 0 Å². The molecule has 1 fully saturated rings. The van der Waals surface area contributed by atoms with Gasteiger partial charge < -0.3 is 20.3 Å². The van der Waals surface area contributed by atoms with E-state index in [-0.39, 0.29) is 6.04 Å². The number of likely N-dealkylation sites (N-methyl/N-ethyl adjacent to an activating group) is 1. The second-order valence-electron chi connectivity index (χ2n) is 7.98. The second kappa shape index (κ2) is 9.95. The largest absolute Gasteiger partial charge is 0.497 e. The van der Waals surface area contributed by atoms with E-state index in [0.717, 1.165) is 31.3 Å². The third-order valence-corrected chi connectivity index (χ3v) is 5.48. The van der Waals surface area contributed by atoms with E-state index in [2.05, 4.69) is 72.4 Å². The van der Waals surface area contributed by atoms with Gasteiger partial charge in [0.2, 0.25) is 0 Å². The second-order valence-corrected chi connectivity index (χ2v) is 7.98. The van der Waals surface area contributed by atoms with Gasteiger partial charge in [-0.2, -0.15) is 0 Å². The summed E-state index contributed by atoms with van der Waals surface area (Å²) in [5.74, 6) is 2.36. The van der Waals surface area contributed by atoms with E-state index in [1.807, 2.05) is 19.2 Å². The number of nitrogens with one attached hydrogen (secondary N) is 2. The first-order valence-electron chi connectivity index (χ1n) is 9.87. The molecule has 0 aromatic heterocycles. The number of ether oxygens (including phenoxy) is 1. The summed E-state index contributed by atoms with van der Waals surface area (Å²) in [6, 6.07) is 9.50. The molecule has 1 heterocycles. The zero-order chi connectivity index (χ0) is 20.0. The third-order valence-electron chi connectivity index (χ3n) is 5.48. The number of aliphatic imine (C=N–C) groups is 1. The van der Waals surface area contributed by atoms with Crippen LogP contribution >= 0.6 is 0 Å². The molecule has 152 valence electrons. The molecule has 1 aliphatic heterocycles. The Labute approximate surface area is 165 Å². The summed E-state index contributed by atoms with van der Waals surface area (Å²) in [5, 5.41) is 7.14. The fourth-order valence-electron chi connectivity index (χ4n) is 3.62. The molecule has 0 radical (unpaired) electrons. The maximum atomic E-state index is 5.38. The van der Waals surface area contributed by atoms with Gasteiger partial charge in [0.25, 0.3) is 0 Å². The van der Waals surface area contributed by atoms with Gasteiger partial charge in [-0.25, -0.2) is 0 Å². The van der Waals surface area contributed by atoms with Gasteiger partial charge in [-0.15, -0.1) is 0 Å². The molecule has 0 amide bonds. The monoisotopic (exact) mass is 375 g/mol. The Morgan fingerprint density at radius 2 is 2.07 bits per heavy atom. The minimum absolute atomic E-state index is 0.229. The van der Waals surface area contributed by atoms with E-state index in [4.69, 9.17) is 4.74 Å². The van der Waals surface area contributed by atoms with Crippen molar-refractivity contribution in [2.45, 2.75) is 38.9 Å². The molecule has 1 aromatic rings.